The lowest BCUT2D eigenvalue weighted by Gasteiger charge is -2.04. The summed E-state index contributed by atoms with van der Waals surface area (Å²) in [6, 6.07) is 13.5. The molecule has 0 aliphatic heterocycles. The maximum atomic E-state index is 6.11. The van der Waals surface area contributed by atoms with E-state index in [1.807, 2.05) is 42.7 Å². The minimum absolute atomic E-state index is 0.458. The number of benzene rings is 1. The third-order valence-corrected chi connectivity index (χ3v) is 3.34. The van der Waals surface area contributed by atoms with Gasteiger partial charge in [-0.1, -0.05) is 41.9 Å². The molecular formula is C15H13ClN4. The number of hydrogen-bond acceptors (Lipinski definition) is 3. The van der Waals surface area contributed by atoms with Gasteiger partial charge in [0.15, 0.2) is 0 Å². The van der Waals surface area contributed by atoms with E-state index in [-0.39, 0.29) is 0 Å². The van der Waals surface area contributed by atoms with Crippen LogP contribution >= 0.6 is 11.6 Å². The Hall–Kier alpha value is -2.33. The van der Waals surface area contributed by atoms with Gasteiger partial charge in [0.1, 0.15) is 5.82 Å². The maximum Gasteiger partial charge on any atom is 0.123 e. The van der Waals surface area contributed by atoms with Gasteiger partial charge in [-0.25, -0.2) is 4.98 Å². The molecule has 2 heterocycles. The zero-order chi connectivity index (χ0) is 13.9. The number of nitrogen functional groups attached to an aromatic ring is 1. The Labute approximate surface area is 121 Å². The van der Waals surface area contributed by atoms with Gasteiger partial charge in [-0.3, -0.25) is 4.68 Å². The molecule has 0 amide bonds. The summed E-state index contributed by atoms with van der Waals surface area (Å²) >= 11 is 6.11. The second kappa shape index (κ2) is 5.35. The molecule has 2 N–H and O–H groups in total. The first kappa shape index (κ1) is 12.7. The number of halogens is 1. The van der Waals surface area contributed by atoms with Crippen LogP contribution in [0.1, 0.15) is 5.69 Å². The van der Waals surface area contributed by atoms with Crippen molar-refractivity contribution in [3.05, 3.63) is 65.6 Å². The number of rotatable bonds is 3. The highest BCUT2D eigenvalue weighted by atomic mass is 35.5. The van der Waals surface area contributed by atoms with Crippen LogP contribution in [-0.4, -0.2) is 14.8 Å². The van der Waals surface area contributed by atoms with Gasteiger partial charge in [-0.15, -0.1) is 0 Å². The minimum atomic E-state index is 0.458. The fourth-order valence-corrected chi connectivity index (χ4v) is 2.16. The molecule has 0 radical (unpaired) electrons. The summed E-state index contributed by atoms with van der Waals surface area (Å²) in [5.41, 5.74) is 8.59. The van der Waals surface area contributed by atoms with Crippen molar-refractivity contribution < 1.29 is 0 Å². The highest BCUT2D eigenvalue weighted by Crippen LogP contribution is 2.20. The highest BCUT2D eigenvalue weighted by molar-refractivity contribution is 6.31. The van der Waals surface area contributed by atoms with Crippen LogP contribution in [0.5, 0.6) is 0 Å². The molecule has 0 bridgehead atoms. The summed E-state index contributed by atoms with van der Waals surface area (Å²) in [5.74, 6) is 0.458. The number of nitrogens with two attached hydrogens (primary N) is 1. The van der Waals surface area contributed by atoms with Crippen molar-refractivity contribution in [2.45, 2.75) is 6.54 Å². The number of anilines is 1. The van der Waals surface area contributed by atoms with Gasteiger partial charge < -0.3 is 5.73 Å². The SMILES string of the molecule is Nc1ccc(Cl)c(Cn2cc(-c3ccccc3)cn2)n1. The zero-order valence-electron chi connectivity index (χ0n) is 10.7. The van der Waals surface area contributed by atoms with Crippen LogP contribution in [-0.2, 0) is 6.54 Å². The quantitative estimate of drug-likeness (QED) is 0.803. The molecule has 3 rings (SSSR count). The first-order valence-corrected chi connectivity index (χ1v) is 6.59. The number of pyridine rings is 1. The first-order chi connectivity index (χ1) is 9.72. The van der Waals surface area contributed by atoms with E-state index < -0.39 is 0 Å². The van der Waals surface area contributed by atoms with E-state index in [0.29, 0.717) is 17.4 Å². The second-order valence-corrected chi connectivity index (χ2v) is 4.86. The van der Waals surface area contributed by atoms with Gasteiger partial charge in [0.25, 0.3) is 0 Å². The Morgan fingerprint density at radius 1 is 1.05 bits per heavy atom. The normalized spacial score (nSPS) is 10.7. The predicted octanol–water partition coefficient (Wildman–Crippen LogP) is 3.23. The van der Waals surface area contributed by atoms with Gasteiger partial charge in [0.05, 0.1) is 23.5 Å². The van der Waals surface area contributed by atoms with Gasteiger partial charge >= 0.3 is 0 Å². The van der Waals surface area contributed by atoms with Crippen molar-refractivity contribution in [2.24, 2.45) is 0 Å². The summed E-state index contributed by atoms with van der Waals surface area (Å²) in [6.45, 7) is 0.497. The molecule has 0 fully saturated rings. The molecule has 0 saturated carbocycles. The van der Waals surface area contributed by atoms with Crippen LogP contribution in [0.25, 0.3) is 11.1 Å². The molecule has 4 nitrogen and oxygen atoms in total. The molecule has 5 heteroatoms. The third kappa shape index (κ3) is 2.65. The lowest BCUT2D eigenvalue weighted by Crippen LogP contribution is -2.04. The van der Waals surface area contributed by atoms with Gasteiger partial charge in [0, 0.05) is 11.8 Å². The average Bonchev–Trinajstić information content (AvgIpc) is 2.92. The van der Waals surface area contributed by atoms with E-state index in [9.17, 15) is 0 Å². The van der Waals surface area contributed by atoms with Crippen molar-refractivity contribution in [3.8, 4) is 11.1 Å². The molecule has 100 valence electrons. The molecule has 0 atom stereocenters. The molecule has 1 aromatic carbocycles. The minimum Gasteiger partial charge on any atom is -0.384 e. The van der Waals surface area contributed by atoms with Crippen molar-refractivity contribution in [3.63, 3.8) is 0 Å². The number of hydrogen-bond donors (Lipinski definition) is 1. The van der Waals surface area contributed by atoms with Crippen LogP contribution in [0.15, 0.2) is 54.9 Å². The van der Waals surface area contributed by atoms with E-state index in [2.05, 4.69) is 10.1 Å². The fourth-order valence-electron chi connectivity index (χ4n) is 2.00. The van der Waals surface area contributed by atoms with Crippen molar-refractivity contribution >= 4 is 17.4 Å². The summed E-state index contributed by atoms with van der Waals surface area (Å²) in [6.07, 6.45) is 3.80. The lowest BCUT2D eigenvalue weighted by atomic mass is 10.1. The third-order valence-electron chi connectivity index (χ3n) is 2.99. The smallest absolute Gasteiger partial charge is 0.123 e. The molecule has 0 saturated heterocycles. The number of aromatic nitrogens is 3. The summed E-state index contributed by atoms with van der Waals surface area (Å²) < 4.78 is 1.80. The summed E-state index contributed by atoms with van der Waals surface area (Å²) in [7, 11) is 0. The predicted molar refractivity (Wildman–Crippen MR) is 80.4 cm³/mol. The second-order valence-electron chi connectivity index (χ2n) is 4.46. The summed E-state index contributed by atoms with van der Waals surface area (Å²) in [4.78, 5) is 4.24. The summed E-state index contributed by atoms with van der Waals surface area (Å²) in [5, 5.41) is 4.93. The molecule has 2 aromatic heterocycles. The first-order valence-electron chi connectivity index (χ1n) is 6.21. The Balaban J connectivity index is 1.86. The van der Waals surface area contributed by atoms with E-state index in [4.69, 9.17) is 17.3 Å². The fraction of sp³-hybridized carbons (Fsp3) is 0.0667. The van der Waals surface area contributed by atoms with Crippen LogP contribution < -0.4 is 5.73 Å². The van der Waals surface area contributed by atoms with Crippen molar-refractivity contribution in [1.82, 2.24) is 14.8 Å². The van der Waals surface area contributed by atoms with E-state index >= 15 is 0 Å². The Morgan fingerprint density at radius 2 is 1.85 bits per heavy atom. The molecule has 0 aliphatic rings. The van der Waals surface area contributed by atoms with Gasteiger partial charge in [-0.2, -0.15) is 5.10 Å². The van der Waals surface area contributed by atoms with Crippen molar-refractivity contribution in [2.75, 3.05) is 5.73 Å². The Bertz CT molecular complexity index is 722. The van der Waals surface area contributed by atoms with Crippen LogP contribution in [0.4, 0.5) is 5.82 Å². The molecule has 20 heavy (non-hydrogen) atoms. The monoisotopic (exact) mass is 284 g/mol. The maximum absolute atomic E-state index is 6.11. The number of nitrogens with zero attached hydrogens (tertiary/aromatic N) is 3. The molecule has 0 unspecified atom stereocenters. The standard InChI is InChI=1S/C15H13ClN4/c16-13-6-7-15(17)19-14(13)10-20-9-12(8-18-20)11-4-2-1-3-5-11/h1-9H,10H2,(H2,17,19). The highest BCUT2D eigenvalue weighted by Gasteiger charge is 2.06. The topological polar surface area (TPSA) is 56.7 Å². The van der Waals surface area contributed by atoms with Gasteiger partial charge in [0.2, 0.25) is 0 Å². The van der Waals surface area contributed by atoms with Crippen LogP contribution in [0, 0.1) is 0 Å². The Morgan fingerprint density at radius 3 is 2.65 bits per heavy atom. The zero-order valence-corrected chi connectivity index (χ0v) is 11.5. The van der Waals surface area contributed by atoms with Gasteiger partial charge in [-0.05, 0) is 17.7 Å². The van der Waals surface area contributed by atoms with E-state index in [0.717, 1.165) is 16.8 Å². The van der Waals surface area contributed by atoms with E-state index in [1.54, 1.807) is 16.8 Å². The van der Waals surface area contributed by atoms with E-state index in [1.165, 1.54) is 0 Å². The molecule has 3 aromatic rings. The Kier molecular flexibility index (Phi) is 3.39. The largest absolute Gasteiger partial charge is 0.384 e. The average molecular weight is 285 g/mol. The molecular weight excluding hydrogens is 272 g/mol. The van der Waals surface area contributed by atoms with Crippen LogP contribution in [0.3, 0.4) is 0 Å². The van der Waals surface area contributed by atoms with Crippen molar-refractivity contribution in [1.29, 1.82) is 0 Å². The molecule has 0 spiro atoms. The lowest BCUT2D eigenvalue weighted by molar-refractivity contribution is 0.674. The van der Waals surface area contributed by atoms with Crippen LogP contribution in [0.2, 0.25) is 5.02 Å². The molecule has 0 aliphatic carbocycles.